The lowest BCUT2D eigenvalue weighted by molar-refractivity contribution is -0.118. The van der Waals surface area contributed by atoms with E-state index >= 15 is 0 Å². The lowest BCUT2D eigenvalue weighted by Gasteiger charge is -2.16. The Kier molecular flexibility index (Phi) is 2.59. The van der Waals surface area contributed by atoms with E-state index in [-0.39, 0.29) is 5.91 Å². The first-order chi connectivity index (χ1) is 8.34. The van der Waals surface area contributed by atoms with Crippen LogP contribution in [0.25, 0.3) is 11.0 Å². The highest BCUT2D eigenvalue weighted by Crippen LogP contribution is 2.28. The molecule has 0 radical (unpaired) electrons. The molecule has 1 amide bonds. The number of benzene rings is 1. The predicted molar refractivity (Wildman–Crippen MR) is 67.0 cm³/mol. The molecule has 3 nitrogen and oxygen atoms in total. The van der Waals surface area contributed by atoms with Crippen LogP contribution in [0.2, 0.25) is 0 Å². The van der Waals surface area contributed by atoms with Gasteiger partial charge >= 0.3 is 0 Å². The molecule has 0 unspecified atom stereocenters. The zero-order valence-corrected chi connectivity index (χ0v) is 9.69. The summed E-state index contributed by atoms with van der Waals surface area (Å²) >= 11 is 0. The van der Waals surface area contributed by atoms with Crippen molar-refractivity contribution in [3.63, 3.8) is 0 Å². The first-order valence-corrected chi connectivity index (χ1v) is 6.13. The van der Waals surface area contributed by atoms with Crippen LogP contribution in [0, 0.1) is 0 Å². The Labute approximate surface area is 100 Å². The molecule has 1 aromatic heterocycles. The minimum atomic E-state index is 0.182. The molecule has 1 saturated heterocycles. The van der Waals surface area contributed by atoms with Gasteiger partial charge < -0.3 is 4.42 Å². The Morgan fingerprint density at radius 3 is 2.88 bits per heavy atom. The summed E-state index contributed by atoms with van der Waals surface area (Å²) in [5.41, 5.74) is 0.847. The average molecular weight is 229 g/mol. The van der Waals surface area contributed by atoms with E-state index in [1.54, 1.807) is 4.90 Å². The zero-order valence-electron chi connectivity index (χ0n) is 9.69. The second-order valence-corrected chi connectivity index (χ2v) is 4.48. The lowest BCUT2D eigenvalue weighted by Crippen LogP contribution is -2.29. The zero-order chi connectivity index (χ0) is 11.7. The quantitative estimate of drug-likeness (QED) is 0.751. The standard InChI is InChI=1S/C14H15NO2/c16-13-8-2-1-5-9-15(13)14-10-11-6-3-4-7-12(11)17-14/h3-4,6-7,10H,1-2,5,8-9H2. The predicted octanol–water partition coefficient (Wildman–Crippen LogP) is 3.34. The van der Waals surface area contributed by atoms with Crippen LogP contribution in [0.5, 0.6) is 0 Å². The largest absolute Gasteiger partial charge is 0.440 e. The number of hydrogen-bond donors (Lipinski definition) is 0. The fourth-order valence-corrected chi connectivity index (χ4v) is 2.32. The van der Waals surface area contributed by atoms with E-state index in [2.05, 4.69) is 0 Å². The average Bonchev–Trinajstić information content (AvgIpc) is 2.65. The molecule has 1 aliphatic rings. The number of furan rings is 1. The maximum Gasteiger partial charge on any atom is 0.229 e. The smallest absolute Gasteiger partial charge is 0.229 e. The van der Waals surface area contributed by atoms with E-state index in [0.717, 1.165) is 36.8 Å². The van der Waals surface area contributed by atoms with Gasteiger partial charge in [0.05, 0.1) is 0 Å². The fourth-order valence-electron chi connectivity index (χ4n) is 2.32. The van der Waals surface area contributed by atoms with Crippen LogP contribution >= 0.6 is 0 Å². The van der Waals surface area contributed by atoms with Crippen molar-refractivity contribution >= 4 is 22.8 Å². The van der Waals surface area contributed by atoms with Crippen LogP contribution in [0.1, 0.15) is 25.7 Å². The molecule has 0 saturated carbocycles. The van der Waals surface area contributed by atoms with Crippen molar-refractivity contribution in [1.29, 1.82) is 0 Å². The van der Waals surface area contributed by atoms with Crippen LogP contribution in [0.3, 0.4) is 0 Å². The lowest BCUT2D eigenvalue weighted by atomic mass is 10.2. The maximum absolute atomic E-state index is 12.0. The summed E-state index contributed by atoms with van der Waals surface area (Å²) in [5, 5.41) is 1.06. The van der Waals surface area contributed by atoms with Gasteiger partial charge in [0.2, 0.25) is 11.8 Å². The van der Waals surface area contributed by atoms with Gasteiger partial charge in [-0.1, -0.05) is 24.6 Å². The molecule has 1 fully saturated rings. The summed E-state index contributed by atoms with van der Waals surface area (Å²) in [4.78, 5) is 13.7. The van der Waals surface area contributed by atoms with Gasteiger partial charge in [-0.2, -0.15) is 0 Å². The number of rotatable bonds is 1. The van der Waals surface area contributed by atoms with Crippen LogP contribution in [-0.4, -0.2) is 12.5 Å². The third-order valence-corrected chi connectivity index (χ3v) is 3.25. The van der Waals surface area contributed by atoms with E-state index in [4.69, 9.17) is 4.42 Å². The van der Waals surface area contributed by atoms with Gasteiger partial charge in [-0.3, -0.25) is 9.69 Å². The fraction of sp³-hybridized carbons (Fsp3) is 0.357. The number of para-hydroxylation sites is 1. The van der Waals surface area contributed by atoms with Crippen molar-refractivity contribution < 1.29 is 9.21 Å². The highest BCUT2D eigenvalue weighted by atomic mass is 16.4. The number of carbonyl (C=O) groups excluding carboxylic acids is 1. The van der Waals surface area contributed by atoms with Gasteiger partial charge in [0.25, 0.3) is 0 Å². The van der Waals surface area contributed by atoms with Gasteiger partial charge in [0.15, 0.2) is 0 Å². The van der Waals surface area contributed by atoms with Gasteiger partial charge in [0.1, 0.15) is 5.58 Å². The molecule has 2 aromatic rings. The van der Waals surface area contributed by atoms with Gasteiger partial charge in [-0.15, -0.1) is 0 Å². The molecule has 1 aromatic carbocycles. The number of amides is 1. The highest BCUT2D eigenvalue weighted by Gasteiger charge is 2.21. The molecule has 3 rings (SSSR count). The van der Waals surface area contributed by atoms with E-state index in [1.165, 1.54) is 0 Å². The summed E-state index contributed by atoms with van der Waals surface area (Å²) in [7, 11) is 0. The van der Waals surface area contributed by atoms with Crippen LogP contribution in [-0.2, 0) is 4.79 Å². The van der Waals surface area contributed by atoms with Crippen molar-refractivity contribution in [3.8, 4) is 0 Å². The molecule has 0 bridgehead atoms. The minimum absolute atomic E-state index is 0.182. The summed E-state index contributed by atoms with van der Waals surface area (Å²) < 4.78 is 5.74. The molecular formula is C14H15NO2. The highest BCUT2D eigenvalue weighted by molar-refractivity contribution is 5.94. The number of fused-ring (bicyclic) bond motifs is 1. The summed E-state index contributed by atoms with van der Waals surface area (Å²) in [6, 6.07) is 9.82. The van der Waals surface area contributed by atoms with Crippen molar-refractivity contribution in [3.05, 3.63) is 30.3 Å². The third kappa shape index (κ3) is 1.93. The summed E-state index contributed by atoms with van der Waals surface area (Å²) in [5.74, 6) is 0.875. The van der Waals surface area contributed by atoms with Gasteiger partial charge in [-0.05, 0) is 18.9 Å². The van der Waals surface area contributed by atoms with Gasteiger partial charge in [-0.25, -0.2) is 0 Å². The first-order valence-electron chi connectivity index (χ1n) is 6.13. The number of hydrogen-bond acceptors (Lipinski definition) is 2. The molecule has 0 spiro atoms. The topological polar surface area (TPSA) is 33.5 Å². The Morgan fingerprint density at radius 2 is 2.00 bits per heavy atom. The number of anilines is 1. The van der Waals surface area contributed by atoms with Crippen molar-refractivity contribution in [2.75, 3.05) is 11.4 Å². The van der Waals surface area contributed by atoms with E-state index in [1.807, 2.05) is 30.3 Å². The molecule has 17 heavy (non-hydrogen) atoms. The molecule has 0 aliphatic carbocycles. The Bertz CT molecular complexity index is 511. The SMILES string of the molecule is O=C1CCCCCN1c1cc2ccccc2o1. The van der Waals surface area contributed by atoms with Crippen molar-refractivity contribution in [1.82, 2.24) is 0 Å². The van der Waals surface area contributed by atoms with Crippen LogP contribution in [0.15, 0.2) is 34.7 Å². The minimum Gasteiger partial charge on any atom is -0.440 e. The van der Waals surface area contributed by atoms with E-state index < -0.39 is 0 Å². The van der Waals surface area contributed by atoms with Crippen LogP contribution in [0.4, 0.5) is 5.88 Å². The molecule has 1 aliphatic heterocycles. The number of carbonyl (C=O) groups is 1. The van der Waals surface area contributed by atoms with Crippen LogP contribution < -0.4 is 4.90 Å². The summed E-state index contributed by atoms with van der Waals surface area (Å²) in [6.45, 7) is 0.776. The van der Waals surface area contributed by atoms with E-state index in [0.29, 0.717) is 12.3 Å². The van der Waals surface area contributed by atoms with Crippen molar-refractivity contribution in [2.24, 2.45) is 0 Å². The number of nitrogens with zero attached hydrogens (tertiary/aromatic N) is 1. The van der Waals surface area contributed by atoms with E-state index in [9.17, 15) is 4.79 Å². The Morgan fingerprint density at radius 1 is 1.12 bits per heavy atom. The normalized spacial score (nSPS) is 17.4. The second-order valence-electron chi connectivity index (χ2n) is 4.48. The summed E-state index contributed by atoms with van der Waals surface area (Å²) in [6.07, 6.45) is 3.82. The molecule has 2 heterocycles. The Hall–Kier alpha value is -1.77. The van der Waals surface area contributed by atoms with Gasteiger partial charge in [0, 0.05) is 24.4 Å². The molecule has 3 heteroatoms. The molecule has 0 atom stereocenters. The third-order valence-electron chi connectivity index (χ3n) is 3.25. The monoisotopic (exact) mass is 229 g/mol. The first kappa shape index (κ1) is 10.4. The van der Waals surface area contributed by atoms with Crippen molar-refractivity contribution in [2.45, 2.75) is 25.7 Å². The molecule has 0 N–H and O–H groups in total. The second kappa shape index (κ2) is 4.24. The maximum atomic E-state index is 12.0. The Balaban J connectivity index is 1.98. The molecular weight excluding hydrogens is 214 g/mol. The molecule has 88 valence electrons.